The molecule has 0 atom stereocenters. The molecule has 1 N–H and O–H groups in total. The molecular weight excluding hydrogens is 276 g/mol. The zero-order valence-corrected chi connectivity index (χ0v) is 9.85. The second-order valence-corrected chi connectivity index (χ2v) is 4.21. The first-order valence-corrected chi connectivity index (χ1v) is 5.18. The highest BCUT2D eigenvalue weighted by Gasteiger charge is 2.13. The SMILES string of the molecule is Cn1c(=O)c(C(=O)O)cc2cc(Br)cnc21. The van der Waals surface area contributed by atoms with Crippen LogP contribution in [0.5, 0.6) is 0 Å². The number of hydrogen-bond donors (Lipinski definition) is 1. The summed E-state index contributed by atoms with van der Waals surface area (Å²) in [5.74, 6) is -1.23. The van der Waals surface area contributed by atoms with Crippen LogP contribution in [0.1, 0.15) is 10.4 Å². The Labute approximate surface area is 98.5 Å². The topological polar surface area (TPSA) is 72.2 Å². The first kappa shape index (κ1) is 10.8. The number of carbonyl (C=O) groups is 1. The summed E-state index contributed by atoms with van der Waals surface area (Å²) >= 11 is 3.24. The van der Waals surface area contributed by atoms with Crippen LogP contribution in [0.2, 0.25) is 0 Å². The molecule has 82 valence electrons. The lowest BCUT2D eigenvalue weighted by atomic mass is 10.2. The molecule has 2 heterocycles. The van der Waals surface area contributed by atoms with Crippen molar-refractivity contribution in [1.29, 1.82) is 0 Å². The van der Waals surface area contributed by atoms with Gasteiger partial charge >= 0.3 is 5.97 Å². The molecule has 0 saturated heterocycles. The maximum atomic E-state index is 11.6. The molecule has 2 aromatic heterocycles. The van der Waals surface area contributed by atoms with Crippen molar-refractivity contribution in [3.8, 4) is 0 Å². The highest BCUT2D eigenvalue weighted by atomic mass is 79.9. The zero-order chi connectivity index (χ0) is 11.9. The number of aromatic nitrogens is 2. The second-order valence-electron chi connectivity index (χ2n) is 3.29. The minimum absolute atomic E-state index is 0.255. The van der Waals surface area contributed by atoms with Gasteiger partial charge in [0.25, 0.3) is 5.56 Å². The van der Waals surface area contributed by atoms with Gasteiger partial charge in [-0.05, 0) is 28.1 Å². The fourth-order valence-corrected chi connectivity index (χ4v) is 1.83. The van der Waals surface area contributed by atoms with Crippen LogP contribution in [0.3, 0.4) is 0 Å². The number of aromatic carboxylic acids is 1. The van der Waals surface area contributed by atoms with Crippen LogP contribution >= 0.6 is 15.9 Å². The first-order valence-electron chi connectivity index (χ1n) is 4.39. The molecule has 16 heavy (non-hydrogen) atoms. The van der Waals surface area contributed by atoms with E-state index < -0.39 is 11.5 Å². The van der Waals surface area contributed by atoms with Crippen LogP contribution in [0.4, 0.5) is 0 Å². The van der Waals surface area contributed by atoms with E-state index in [4.69, 9.17) is 5.11 Å². The number of hydrogen-bond acceptors (Lipinski definition) is 3. The van der Waals surface area contributed by atoms with Gasteiger partial charge in [0.15, 0.2) is 0 Å². The molecule has 0 fully saturated rings. The maximum Gasteiger partial charge on any atom is 0.341 e. The highest BCUT2D eigenvalue weighted by Crippen LogP contribution is 2.16. The van der Waals surface area contributed by atoms with Gasteiger partial charge in [0, 0.05) is 23.1 Å². The van der Waals surface area contributed by atoms with E-state index in [1.54, 1.807) is 12.3 Å². The minimum Gasteiger partial charge on any atom is -0.477 e. The van der Waals surface area contributed by atoms with Gasteiger partial charge < -0.3 is 5.11 Å². The maximum absolute atomic E-state index is 11.6. The van der Waals surface area contributed by atoms with Gasteiger partial charge in [-0.15, -0.1) is 0 Å². The van der Waals surface area contributed by atoms with E-state index in [2.05, 4.69) is 20.9 Å². The van der Waals surface area contributed by atoms with Gasteiger partial charge in [-0.1, -0.05) is 0 Å². The van der Waals surface area contributed by atoms with Crippen LogP contribution in [-0.4, -0.2) is 20.6 Å². The smallest absolute Gasteiger partial charge is 0.341 e. The molecule has 2 aromatic rings. The second kappa shape index (κ2) is 3.71. The van der Waals surface area contributed by atoms with Gasteiger partial charge in [0.1, 0.15) is 11.2 Å². The lowest BCUT2D eigenvalue weighted by Gasteiger charge is -2.05. The van der Waals surface area contributed by atoms with Crippen molar-refractivity contribution in [2.75, 3.05) is 0 Å². The summed E-state index contributed by atoms with van der Waals surface area (Å²) in [4.78, 5) is 26.6. The van der Waals surface area contributed by atoms with Gasteiger partial charge in [0.2, 0.25) is 0 Å². The van der Waals surface area contributed by atoms with E-state index in [9.17, 15) is 9.59 Å². The Hall–Kier alpha value is -1.69. The summed E-state index contributed by atoms with van der Waals surface area (Å²) in [6, 6.07) is 3.05. The summed E-state index contributed by atoms with van der Waals surface area (Å²) in [7, 11) is 1.50. The largest absolute Gasteiger partial charge is 0.477 e. The molecular formula is C10H7BrN2O3. The molecule has 0 bridgehead atoms. The van der Waals surface area contributed by atoms with Crippen LogP contribution in [0.15, 0.2) is 27.6 Å². The molecule has 0 aromatic carbocycles. The standard InChI is InChI=1S/C10H7BrN2O3/c1-13-8-5(2-6(11)4-12-8)3-7(9(13)14)10(15)16/h2-4H,1H3,(H,15,16). The van der Waals surface area contributed by atoms with Crippen molar-refractivity contribution >= 4 is 32.9 Å². The normalized spacial score (nSPS) is 10.6. The molecule has 2 rings (SSSR count). The van der Waals surface area contributed by atoms with Gasteiger partial charge in [-0.2, -0.15) is 0 Å². The molecule has 0 aliphatic carbocycles. The number of pyridine rings is 2. The van der Waals surface area contributed by atoms with Crippen molar-refractivity contribution in [2.45, 2.75) is 0 Å². The summed E-state index contributed by atoms with van der Waals surface area (Å²) < 4.78 is 1.96. The summed E-state index contributed by atoms with van der Waals surface area (Å²) in [6.07, 6.45) is 1.56. The van der Waals surface area contributed by atoms with Crippen molar-refractivity contribution < 1.29 is 9.90 Å². The Balaban J connectivity index is 2.94. The van der Waals surface area contributed by atoms with Gasteiger partial charge in [-0.3, -0.25) is 9.36 Å². The van der Waals surface area contributed by atoms with E-state index in [1.807, 2.05) is 0 Å². The third-order valence-corrected chi connectivity index (χ3v) is 2.68. The summed E-state index contributed by atoms with van der Waals surface area (Å²) in [5, 5.41) is 9.48. The van der Waals surface area contributed by atoms with E-state index in [1.165, 1.54) is 17.7 Å². The van der Waals surface area contributed by atoms with Gasteiger partial charge in [0.05, 0.1) is 0 Å². The fourth-order valence-electron chi connectivity index (χ4n) is 1.48. The van der Waals surface area contributed by atoms with E-state index >= 15 is 0 Å². The Morgan fingerprint density at radius 3 is 2.81 bits per heavy atom. The molecule has 0 radical (unpaired) electrons. The van der Waals surface area contributed by atoms with Crippen molar-refractivity contribution in [1.82, 2.24) is 9.55 Å². The fraction of sp³-hybridized carbons (Fsp3) is 0.100. The molecule has 0 amide bonds. The molecule has 0 saturated carbocycles. The number of fused-ring (bicyclic) bond motifs is 1. The first-order chi connectivity index (χ1) is 7.50. The molecule has 6 heteroatoms. The number of aryl methyl sites for hydroxylation is 1. The molecule has 5 nitrogen and oxygen atoms in total. The number of halogens is 1. The molecule has 0 spiro atoms. The monoisotopic (exact) mass is 282 g/mol. The van der Waals surface area contributed by atoms with Crippen LogP contribution < -0.4 is 5.56 Å². The Kier molecular flexibility index (Phi) is 2.51. The third-order valence-electron chi connectivity index (χ3n) is 2.24. The molecule has 0 aliphatic heterocycles. The van der Waals surface area contributed by atoms with E-state index in [0.29, 0.717) is 11.0 Å². The number of nitrogens with zero attached hydrogens (tertiary/aromatic N) is 2. The van der Waals surface area contributed by atoms with E-state index in [0.717, 1.165) is 4.47 Å². The molecule has 0 unspecified atom stereocenters. The predicted molar refractivity (Wildman–Crippen MR) is 61.6 cm³/mol. The van der Waals surface area contributed by atoms with Gasteiger partial charge in [-0.25, -0.2) is 9.78 Å². The Bertz CT molecular complexity index is 648. The quantitative estimate of drug-likeness (QED) is 0.858. The van der Waals surface area contributed by atoms with Crippen LogP contribution in [0, 0.1) is 0 Å². The lowest BCUT2D eigenvalue weighted by molar-refractivity contribution is 0.0694. The van der Waals surface area contributed by atoms with Crippen molar-refractivity contribution in [2.24, 2.45) is 7.05 Å². The minimum atomic E-state index is -1.23. The third kappa shape index (κ3) is 1.61. The van der Waals surface area contributed by atoms with E-state index in [-0.39, 0.29) is 5.56 Å². The number of carboxylic acid groups (broad SMARTS) is 1. The summed E-state index contributed by atoms with van der Waals surface area (Å²) in [5.41, 5.74) is -0.358. The number of carboxylic acids is 1. The average Bonchev–Trinajstić information content (AvgIpc) is 2.22. The van der Waals surface area contributed by atoms with Crippen LogP contribution in [-0.2, 0) is 7.05 Å². The van der Waals surface area contributed by atoms with Crippen LogP contribution in [0.25, 0.3) is 11.0 Å². The number of rotatable bonds is 1. The molecule has 0 aliphatic rings. The predicted octanol–water partition coefficient (Wildman–Crippen LogP) is 1.39. The zero-order valence-electron chi connectivity index (χ0n) is 8.27. The van der Waals surface area contributed by atoms with Crippen molar-refractivity contribution in [3.63, 3.8) is 0 Å². The summed E-state index contributed by atoms with van der Waals surface area (Å²) in [6.45, 7) is 0. The Morgan fingerprint density at radius 1 is 1.50 bits per heavy atom. The highest BCUT2D eigenvalue weighted by molar-refractivity contribution is 9.10. The average molecular weight is 283 g/mol. The Morgan fingerprint density at radius 2 is 2.19 bits per heavy atom. The van der Waals surface area contributed by atoms with Crippen molar-refractivity contribution in [3.05, 3.63) is 38.7 Å². The lowest BCUT2D eigenvalue weighted by Crippen LogP contribution is -2.24.